The molecule has 8 aromatic carbocycles. The zero-order valence-corrected chi connectivity index (χ0v) is 27.3. The minimum atomic E-state index is -0.477. The first-order valence-electron chi connectivity index (χ1n) is 17.4. The average molecular weight is 634 g/mol. The SMILES string of the molecule is c1ccc(-c2ccc(-c3ccc(-c4cccc5c4C4(c6ccccc6-5)c5ccccc5-n5c6ccccc6c6cccc4c65)cc3)cc2)cc1. The van der Waals surface area contributed by atoms with Crippen LogP contribution in [-0.2, 0) is 5.41 Å². The molecule has 1 spiro atoms. The maximum Gasteiger partial charge on any atom is 0.0760 e. The third-order valence-electron chi connectivity index (χ3n) is 11.2. The molecule has 2 heterocycles. The van der Waals surface area contributed by atoms with Gasteiger partial charge in [-0.1, -0.05) is 176 Å². The van der Waals surface area contributed by atoms with Gasteiger partial charge in [-0.15, -0.1) is 0 Å². The molecule has 1 unspecified atom stereocenters. The van der Waals surface area contributed by atoms with E-state index in [4.69, 9.17) is 0 Å². The summed E-state index contributed by atoms with van der Waals surface area (Å²) in [6.45, 7) is 0. The predicted molar refractivity (Wildman–Crippen MR) is 208 cm³/mol. The molecule has 1 heteroatoms. The smallest absolute Gasteiger partial charge is 0.0760 e. The molecule has 9 aromatic rings. The summed E-state index contributed by atoms with van der Waals surface area (Å²) in [7, 11) is 0. The average Bonchev–Trinajstić information content (AvgIpc) is 3.69. The molecule has 1 aliphatic carbocycles. The summed E-state index contributed by atoms with van der Waals surface area (Å²) in [5.41, 5.74) is 18.8. The topological polar surface area (TPSA) is 4.93 Å². The Morgan fingerprint density at radius 3 is 1.62 bits per heavy atom. The lowest BCUT2D eigenvalue weighted by Crippen LogP contribution is -2.34. The van der Waals surface area contributed by atoms with E-state index in [1.807, 2.05) is 0 Å². The van der Waals surface area contributed by atoms with Gasteiger partial charge in [0, 0.05) is 10.8 Å². The summed E-state index contributed by atoms with van der Waals surface area (Å²) < 4.78 is 2.52. The molecule has 2 aliphatic rings. The lowest BCUT2D eigenvalue weighted by molar-refractivity contribution is 0.750. The number of nitrogens with zero attached hydrogens (tertiary/aromatic N) is 1. The van der Waals surface area contributed by atoms with Crippen molar-refractivity contribution in [1.29, 1.82) is 0 Å². The van der Waals surface area contributed by atoms with Crippen LogP contribution in [0.3, 0.4) is 0 Å². The van der Waals surface area contributed by atoms with Crippen molar-refractivity contribution in [3.63, 3.8) is 0 Å². The van der Waals surface area contributed by atoms with Crippen LogP contribution in [0.2, 0.25) is 0 Å². The maximum absolute atomic E-state index is 2.52. The van der Waals surface area contributed by atoms with Crippen LogP contribution in [0.25, 0.3) is 72.0 Å². The Balaban J connectivity index is 1.15. The van der Waals surface area contributed by atoms with E-state index in [9.17, 15) is 0 Å². The summed E-state index contributed by atoms with van der Waals surface area (Å²) in [4.78, 5) is 0. The molecule has 1 nitrogen and oxygen atoms in total. The van der Waals surface area contributed by atoms with Crippen LogP contribution in [-0.4, -0.2) is 4.57 Å². The van der Waals surface area contributed by atoms with E-state index in [1.54, 1.807) is 0 Å². The van der Waals surface area contributed by atoms with E-state index in [-0.39, 0.29) is 0 Å². The van der Waals surface area contributed by atoms with Gasteiger partial charge in [0.2, 0.25) is 0 Å². The Bertz CT molecular complexity index is 2780. The molecule has 0 fully saturated rings. The zero-order valence-electron chi connectivity index (χ0n) is 27.3. The van der Waals surface area contributed by atoms with Crippen molar-refractivity contribution < 1.29 is 0 Å². The fourth-order valence-electron chi connectivity index (χ4n) is 9.19. The molecule has 0 saturated heterocycles. The summed E-state index contributed by atoms with van der Waals surface area (Å²) in [5.74, 6) is 0. The van der Waals surface area contributed by atoms with Crippen LogP contribution >= 0.6 is 0 Å². The van der Waals surface area contributed by atoms with Crippen molar-refractivity contribution >= 4 is 21.8 Å². The van der Waals surface area contributed by atoms with Gasteiger partial charge in [0.25, 0.3) is 0 Å². The van der Waals surface area contributed by atoms with Crippen LogP contribution in [0.5, 0.6) is 0 Å². The number of hydrogen-bond donors (Lipinski definition) is 0. The standard InChI is InChI=1S/C49H31N/c1-2-12-32(13-3-1)33-24-26-34(27-25-33)35-28-30-36(31-29-35)37-16-10-17-40-38-14-4-6-19-42(38)49(47(37)40)43-20-7-9-23-46(43)50-45-22-8-5-15-39(45)41-18-11-21-44(49)48(41)50/h1-31H. The minimum absolute atomic E-state index is 0.477. The molecular formula is C49H31N. The highest BCUT2D eigenvalue weighted by Crippen LogP contribution is 2.62. The van der Waals surface area contributed by atoms with Crippen LogP contribution in [0.1, 0.15) is 22.3 Å². The van der Waals surface area contributed by atoms with E-state index >= 15 is 0 Å². The third kappa shape index (κ3) is 3.56. The van der Waals surface area contributed by atoms with Crippen molar-refractivity contribution in [2.45, 2.75) is 5.41 Å². The van der Waals surface area contributed by atoms with E-state index in [0.29, 0.717) is 0 Å². The second-order valence-electron chi connectivity index (χ2n) is 13.6. The Kier molecular flexibility index (Phi) is 5.66. The van der Waals surface area contributed by atoms with Crippen LogP contribution in [0, 0.1) is 0 Å². The summed E-state index contributed by atoms with van der Waals surface area (Å²) in [5, 5.41) is 2.60. The Hall–Kier alpha value is -6.44. The lowest BCUT2D eigenvalue weighted by atomic mass is 9.64. The molecule has 1 aromatic heterocycles. The summed E-state index contributed by atoms with van der Waals surface area (Å²) >= 11 is 0. The number of para-hydroxylation sites is 3. The van der Waals surface area contributed by atoms with Crippen molar-refractivity contribution in [1.82, 2.24) is 4.57 Å². The van der Waals surface area contributed by atoms with Gasteiger partial charge < -0.3 is 4.57 Å². The molecule has 11 rings (SSSR count). The molecule has 232 valence electrons. The maximum atomic E-state index is 2.52. The van der Waals surface area contributed by atoms with Crippen LogP contribution in [0.15, 0.2) is 188 Å². The van der Waals surface area contributed by atoms with Gasteiger partial charge >= 0.3 is 0 Å². The van der Waals surface area contributed by atoms with E-state index in [2.05, 4.69) is 193 Å². The zero-order chi connectivity index (χ0) is 32.8. The van der Waals surface area contributed by atoms with E-state index < -0.39 is 5.41 Å². The number of fused-ring (bicyclic) bond motifs is 12. The van der Waals surface area contributed by atoms with Gasteiger partial charge in [0.15, 0.2) is 0 Å². The number of rotatable bonds is 3. The highest BCUT2D eigenvalue weighted by atomic mass is 15.0. The Morgan fingerprint density at radius 1 is 0.320 bits per heavy atom. The first kappa shape index (κ1) is 27.5. The molecule has 0 bridgehead atoms. The second-order valence-corrected chi connectivity index (χ2v) is 13.6. The van der Waals surface area contributed by atoms with Crippen molar-refractivity contribution in [3.05, 3.63) is 210 Å². The van der Waals surface area contributed by atoms with Gasteiger partial charge in [0.05, 0.1) is 22.1 Å². The molecule has 0 N–H and O–H groups in total. The Labute approximate surface area is 291 Å². The number of aromatic nitrogens is 1. The largest absolute Gasteiger partial charge is 0.309 e. The summed E-state index contributed by atoms with van der Waals surface area (Å²) in [6.07, 6.45) is 0. The second kappa shape index (κ2) is 10.3. The van der Waals surface area contributed by atoms with Crippen LogP contribution in [0.4, 0.5) is 0 Å². The Morgan fingerprint density at radius 2 is 0.840 bits per heavy atom. The third-order valence-corrected chi connectivity index (χ3v) is 11.2. The molecule has 1 atom stereocenters. The van der Waals surface area contributed by atoms with E-state index in [1.165, 1.54) is 94.3 Å². The van der Waals surface area contributed by atoms with Gasteiger partial charge in [-0.2, -0.15) is 0 Å². The molecule has 0 radical (unpaired) electrons. The molecule has 0 saturated carbocycles. The minimum Gasteiger partial charge on any atom is -0.309 e. The normalized spacial score (nSPS) is 15.3. The fourth-order valence-corrected chi connectivity index (χ4v) is 9.19. The molecular weight excluding hydrogens is 603 g/mol. The van der Waals surface area contributed by atoms with Gasteiger partial charge in [0.1, 0.15) is 0 Å². The van der Waals surface area contributed by atoms with Crippen molar-refractivity contribution in [2.24, 2.45) is 0 Å². The van der Waals surface area contributed by atoms with Crippen molar-refractivity contribution in [2.75, 3.05) is 0 Å². The fraction of sp³-hybridized carbons (Fsp3) is 0.0204. The van der Waals surface area contributed by atoms with Crippen LogP contribution < -0.4 is 0 Å². The lowest BCUT2D eigenvalue weighted by Gasteiger charge is -2.40. The van der Waals surface area contributed by atoms with Crippen molar-refractivity contribution in [3.8, 4) is 50.2 Å². The highest BCUT2D eigenvalue weighted by Gasteiger charge is 2.51. The number of hydrogen-bond acceptors (Lipinski definition) is 0. The molecule has 0 amide bonds. The molecule has 50 heavy (non-hydrogen) atoms. The van der Waals surface area contributed by atoms with E-state index in [0.717, 1.165) is 0 Å². The van der Waals surface area contributed by atoms with Gasteiger partial charge in [-0.05, 0) is 78.9 Å². The summed E-state index contributed by atoms with van der Waals surface area (Å²) in [6, 6.07) is 69.7. The number of benzene rings is 8. The first-order valence-corrected chi connectivity index (χ1v) is 17.4. The first-order chi connectivity index (χ1) is 24.8. The predicted octanol–water partition coefficient (Wildman–Crippen LogP) is 12.5. The molecule has 1 aliphatic heterocycles. The monoisotopic (exact) mass is 633 g/mol. The van der Waals surface area contributed by atoms with Gasteiger partial charge in [-0.25, -0.2) is 0 Å². The highest BCUT2D eigenvalue weighted by molar-refractivity contribution is 6.13. The quantitative estimate of drug-likeness (QED) is 0.182. The van der Waals surface area contributed by atoms with Gasteiger partial charge in [-0.3, -0.25) is 0 Å².